The van der Waals surface area contributed by atoms with Gasteiger partial charge in [-0.2, -0.15) is 11.8 Å². The van der Waals surface area contributed by atoms with Crippen LogP contribution >= 0.6 is 11.8 Å². The number of benzene rings is 1. The standard InChI is InChI=1S/C12H17N3O3S/c1-8(19-2)5-6-14-12(16)9-3-4-11(15(17)18)10(13)7-9/h3-4,7-8H,5-6,13H2,1-2H3,(H,14,16). The number of nitro groups is 1. The SMILES string of the molecule is CSC(C)CCNC(=O)c1ccc([N+](=O)[O-])c(N)c1. The first-order chi connectivity index (χ1) is 8.95. The van der Waals surface area contributed by atoms with Crippen molar-refractivity contribution in [2.75, 3.05) is 18.5 Å². The van der Waals surface area contributed by atoms with Crippen LogP contribution in [0.15, 0.2) is 18.2 Å². The molecular formula is C12H17N3O3S. The second kappa shape index (κ2) is 6.98. The topological polar surface area (TPSA) is 98.3 Å². The molecule has 0 saturated carbocycles. The molecule has 0 bridgehead atoms. The number of rotatable bonds is 6. The van der Waals surface area contributed by atoms with Gasteiger partial charge in [-0.25, -0.2) is 0 Å². The van der Waals surface area contributed by atoms with Gasteiger partial charge in [0.05, 0.1) is 4.92 Å². The fourth-order valence-electron chi connectivity index (χ4n) is 1.47. The van der Waals surface area contributed by atoms with Crippen LogP contribution in [0, 0.1) is 10.1 Å². The van der Waals surface area contributed by atoms with E-state index in [2.05, 4.69) is 12.2 Å². The maximum absolute atomic E-state index is 11.8. The molecule has 0 aliphatic heterocycles. The molecular weight excluding hydrogens is 266 g/mol. The van der Waals surface area contributed by atoms with Gasteiger partial charge in [0.2, 0.25) is 0 Å². The number of nitro benzene ring substituents is 1. The smallest absolute Gasteiger partial charge is 0.292 e. The lowest BCUT2D eigenvalue weighted by molar-refractivity contribution is -0.383. The summed E-state index contributed by atoms with van der Waals surface area (Å²) in [5, 5.41) is 13.8. The molecule has 1 unspecified atom stereocenters. The summed E-state index contributed by atoms with van der Waals surface area (Å²) in [5.41, 5.74) is 5.67. The molecule has 1 aromatic carbocycles. The number of nitrogens with one attached hydrogen (secondary N) is 1. The van der Waals surface area contributed by atoms with Crippen LogP contribution in [-0.2, 0) is 0 Å². The van der Waals surface area contributed by atoms with Gasteiger partial charge in [0.15, 0.2) is 0 Å². The van der Waals surface area contributed by atoms with Crippen LogP contribution in [0.2, 0.25) is 0 Å². The molecule has 0 aliphatic rings. The van der Waals surface area contributed by atoms with E-state index in [9.17, 15) is 14.9 Å². The van der Waals surface area contributed by atoms with Gasteiger partial charge in [0, 0.05) is 23.4 Å². The van der Waals surface area contributed by atoms with Crippen LogP contribution in [-0.4, -0.2) is 28.9 Å². The van der Waals surface area contributed by atoms with Crippen LogP contribution in [0.3, 0.4) is 0 Å². The van der Waals surface area contributed by atoms with Crippen molar-refractivity contribution in [2.24, 2.45) is 0 Å². The Labute approximate surface area is 115 Å². The van der Waals surface area contributed by atoms with E-state index in [0.29, 0.717) is 17.4 Å². The molecule has 0 spiro atoms. The molecule has 3 N–H and O–H groups in total. The minimum atomic E-state index is -0.572. The molecule has 0 heterocycles. The summed E-state index contributed by atoms with van der Waals surface area (Å²) in [4.78, 5) is 21.8. The largest absolute Gasteiger partial charge is 0.393 e. The Balaban J connectivity index is 2.63. The average Bonchev–Trinajstić information content (AvgIpc) is 2.37. The average molecular weight is 283 g/mol. The third-order valence-electron chi connectivity index (χ3n) is 2.73. The van der Waals surface area contributed by atoms with Crippen molar-refractivity contribution in [2.45, 2.75) is 18.6 Å². The van der Waals surface area contributed by atoms with Gasteiger partial charge in [-0.15, -0.1) is 0 Å². The van der Waals surface area contributed by atoms with Crippen molar-refractivity contribution in [3.05, 3.63) is 33.9 Å². The summed E-state index contributed by atoms with van der Waals surface area (Å²) in [6.45, 7) is 2.65. The van der Waals surface area contributed by atoms with Gasteiger partial charge in [0.25, 0.3) is 11.6 Å². The molecule has 7 heteroatoms. The lowest BCUT2D eigenvalue weighted by Crippen LogP contribution is -2.26. The number of carbonyl (C=O) groups excluding carboxylic acids is 1. The first-order valence-electron chi connectivity index (χ1n) is 5.80. The zero-order chi connectivity index (χ0) is 14.4. The Kier molecular flexibility index (Phi) is 5.62. The lowest BCUT2D eigenvalue weighted by atomic mass is 10.1. The highest BCUT2D eigenvalue weighted by atomic mass is 32.2. The predicted octanol–water partition coefficient (Wildman–Crippen LogP) is 2.05. The molecule has 0 radical (unpaired) electrons. The molecule has 0 aromatic heterocycles. The van der Waals surface area contributed by atoms with E-state index >= 15 is 0 Å². The van der Waals surface area contributed by atoms with Gasteiger partial charge in [0.1, 0.15) is 5.69 Å². The van der Waals surface area contributed by atoms with E-state index < -0.39 is 4.92 Å². The van der Waals surface area contributed by atoms with Crippen molar-refractivity contribution in [1.29, 1.82) is 0 Å². The minimum absolute atomic E-state index is 0.00451. The number of anilines is 1. The molecule has 6 nitrogen and oxygen atoms in total. The van der Waals surface area contributed by atoms with Gasteiger partial charge in [-0.1, -0.05) is 6.92 Å². The highest BCUT2D eigenvalue weighted by Gasteiger charge is 2.14. The van der Waals surface area contributed by atoms with Crippen LogP contribution in [0.4, 0.5) is 11.4 Å². The number of amides is 1. The maximum Gasteiger partial charge on any atom is 0.292 e. The molecule has 19 heavy (non-hydrogen) atoms. The van der Waals surface area contributed by atoms with Crippen LogP contribution in [0.1, 0.15) is 23.7 Å². The first kappa shape index (κ1) is 15.3. The van der Waals surface area contributed by atoms with Gasteiger partial charge in [-0.05, 0) is 24.8 Å². The van der Waals surface area contributed by atoms with Gasteiger partial charge < -0.3 is 11.1 Å². The Morgan fingerprint density at radius 1 is 1.58 bits per heavy atom. The number of thioether (sulfide) groups is 1. The number of nitrogen functional groups attached to an aromatic ring is 1. The third kappa shape index (κ3) is 4.44. The van der Waals surface area contributed by atoms with E-state index in [1.165, 1.54) is 18.2 Å². The van der Waals surface area contributed by atoms with Crippen molar-refractivity contribution in [3.8, 4) is 0 Å². The number of carbonyl (C=O) groups is 1. The normalized spacial score (nSPS) is 11.9. The van der Waals surface area contributed by atoms with E-state index in [1.54, 1.807) is 11.8 Å². The van der Waals surface area contributed by atoms with E-state index in [4.69, 9.17) is 5.73 Å². The van der Waals surface area contributed by atoms with Crippen LogP contribution in [0.25, 0.3) is 0 Å². The first-order valence-corrected chi connectivity index (χ1v) is 7.09. The van der Waals surface area contributed by atoms with Gasteiger partial charge in [-0.3, -0.25) is 14.9 Å². The molecule has 0 aliphatic carbocycles. The monoisotopic (exact) mass is 283 g/mol. The summed E-state index contributed by atoms with van der Waals surface area (Å²) in [7, 11) is 0. The van der Waals surface area contributed by atoms with Crippen LogP contribution < -0.4 is 11.1 Å². The predicted molar refractivity (Wildman–Crippen MR) is 77.4 cm³/mol. The molecule has 1 rings (SSSR count). The van der Waals surface area contributed by atoms with Crippen molar-refractivity contribution in [1.82, 2.24) is 5.32 Å². The molecule has 1 atom stereocenters. The van der Waals surface area contributed by atoms with Crippen LogP contribution in [0.5, 0.6) is 0 Å². The number of hydrogen-bond acceptors (Lipinski definition) is 5. The highest BCUT2D eigenvalue weighted by Crippen LogP contribution is 2.21. The molecule has 1 amide bonds. The fourth-order valence-corrected chi connectivity index (χ4v) is 1.82. The Hall–Kier alpha value is -1.76. The molecule has 104 valence electrons. The summed E-state index contributed by atoms with van der Waals surface area (Å²) in [6.07, 6.45) is 2.89. The number of nitrogens with two attached hydrogens (primary N) is 1. The van der Waals surface area contributed by atoms with Crippen molar-refractivity contribution in [3.63, 3.8) is 0 Å². The lowest BCUT2D eigenvalue weighted by Gasteiger charge is -2.09. The zero-order valence-corrected chi connectivity index (χ0v) is 11.7. The summed E-state index contributed by atoms with van der Waals surface area (Å²) in [6, 6.07) is 3.97. The van der Waals surface area contributed by atoms with E-state index in [1.807, 2.05) is 6.26 Å². The molecule has 0 saturated heterocycles. The Bertz CT molecular complexity index is 479. The Morgan fingerprint density at radius 3 is 2.79 bits per heavy atom. The second-order valence-corrected chi connectivity index (χ2v) is 5.40. The second-order valence-electron chi connectivity index (χ2n) is 4.12. The minimum Gasteiger partial charge on any atom is -0.393 e. The quantitative estimate of drug-likeness (QED) is 0.473. The summed E-state index contributed by atoms with van der Waals surface area (Å²) < 4.78 is 0. The summed E-state index contributed by atoms with van der Waals surface area (Å²) in [5.74, 6) is -0.269. The molecule has 0 fully saturated rings. The van der Waals surface area contributed by atoms with Gasteiger partial charge >= 0.3 is 0 Å². The third-order valence-corrected chi connectivity index (χ3v) is 3.77. The zero-order valence-electron chi connectivity index (χ0n) is 10.9. The number of nitrogens with zero attached hydrogens (tertiary/aromatic N) is 1. The summed E-state index contributed by atoms with van der Waals surface area (Å²) >= 11 is 1.73. The van der Waals surface area contributed by atoms with Crippen molar-refractivity contribution >= 4 is 29.0 Å². The maximum atomic E-state index is 11.8. The molecule has 1 aromatic rings. The number of hydrogen-bond donors (Lipinski definition) is 2. The van der Waals surface area contributed by atoms with E-state index in [-0.39, 0.29) is 17.3 Å². The van der Waals surface area contributed by atoms with Crippen molar-refractivity contribution < 1.29 is 9.72 Å². The Morgan fingerprint density at radius 2 is 2.26 bits per heavy atom. The van der Waals surface area contributed by atoms with E-state index in [0.717, 1.165) is 6.42 Å². The highest BCUT2D eigenvalue weighted by molar-refractivity contribution is 7.99. The fraction of sp³-hybridized carbons (Fsp3) is 0.417.